The van der Waals surface area contributed by atoms with Gasteiger partial charge in [0.25, 0.3) is 5.91 Å². The Morgan fingerprint density at radius 2 is 2.27 bits per heavy atom. The molecule has 0 saturated carbocycles. The number of thiazole rings is 1. The largest absolute Gasteiger partial charge is 0.375 e. The van der Waals surface area contributed by atoms with Crippen LogP contribution in [0.15, 0.2) is 29.8 Å². The third kappa shape index (κ3) is 2.94. The van der Waals surface area contributed by atoms with Crippen molar-refractivity contribution in [3.63, 3.8) is 0 Å². The number of aryl methyl sites for hydroxylation is 2. The number of carbonyl (C=O) groups excluding carboxylic acids is 1. The Labute approximate surface area is 132 Å². The number of nitrogens with zero attached hydrogens (tertiary/aromatic N) is 3. The van der Waals surface area contributed by atoms with Crippen molar-refractivity contribution in [2.45, 2.75) is 19.8 Å². The molecule has 7 heteroatoms. The molecule has 22 heavy (non-hydrogen) atoms. The van der Waals surface area contributed by atoms with Gasteiger partial charge in [0.2, 0.25) is 0 Å². The number of nitrogen functional groups attached to an aromatic ring is 1. The molecule has 3 aromatic rings. The Morgan fingerprint density at radius 3 is 3.05 bits per heavy atom. The minimum atomic E-state index is -0.103. The molecule has 0 aliphatic carbocycles. The van der Waals surface area contributed by atoms with E-state index < -0.39 is 0 Å². The van der Waals surface area contributed by atoms with Crippen LogP contribution in [0, 0.1) is 6.92 Å². The monoisotopic (exact) mass is 315 g/mol. The van der Waals surface area contributed by atoms with Crippen molar-refractivity contribution in [2.75, 3.05) is 12.3 Å². The van der Waals surface area contributed by atoms with Crippen LogP contribution >= 0.6 is 11.3 Å². The van der Waals surface area contributed by atoms with Gasteiger partial charge in [-0.1, -0.05) is 6.07 Å². The molecule has 3 heterocycles. The maximum absolute atomic E-state index is 12.4. The molecule has 3 aromatic heterocycles. The molecule has 3 rings (SSSR count). The molecule has 0 spiro atoms. The summed E-state index contributed by atoms with van der Waals surface area (Å²) in [5.41, 5.74) is 8.67. The second-order valence-electron chi connectivity index (χ2n) is 5.01. The fourth-order valence-corrected chi connectivity index (χ4v) is 2.98. The summed E-state index contributed by atoms with van der Waals surface area (Å²) in [5.74, 6) is -0.103. The van der Waals surface area contributed by atoms with Gasteiger partial charge in [-0.3, -0.25) is 9.20 Å². The predicted octanol–water partition coefficient (Wildman–Crippen LogP) is 2.04. The van der Waals surface area contributed by atoms with Gasteiger partial charge >= 0.3 is 0 Å². The summed E-state index contributed by atoms with van der Waals surface area (Å²) in [6.45, 7) is 2.44. The highest BCUT2D eigenvalue weighted by atomic mass is 32.1. The molecule has 0 aliphatic heterocycles. The maximum atomic E-state index is 12.4. The number of fused-ring (bicyclic) bond motifs is 1. The number of nitrogens with two attached hydrogens (primary N) is 1. The van der Waals surface area contributed by atoms with Gasteiger partial charge in [0.1, 0.15) is 11.3 Å². The van der Waals surface area contributed by atoms with E-state index in [-0.39, 0.29) is 5.91 Å². The average molecular weight is 315 g/mol. The second kappa shape index (κ2) is 6.15. The molecule has 0 saturated heterocycles. The fourth-order valence-electron chi connectivity index (χ4n) is 2.38. The van der Waals surface area contributed by atoms with E-state index in [2.05, 4.69) is 15.3 Å². The van der Waals surface area contributed by atoms with Crippen LogP contribution in [0.1, 0.15) is 28.3 Å². The van der Waals surface area contributed by atoms with Crippen LogP contribution in [0.25, 0.3) is 5.65 Å². The van der Waals surface area contributed by atoms with E-state index in [1.807, 2.05) is 41.1 Å². The first-order valence-electron chi connectivity index (χ1n) is 7.07. The molecule has 0 bridgehead atoms. The molecule has 0 aliphatic rings. The van der Waals surface area contributed by atoms with Crippen LogP contribution in [0.2, 0.25) is 0 Å². The SMILES string of the molecule is Cc1nc2ccccn2c1C(=O)NCCCc1csc(N)n1. The number of rotatable bonds is 5. The number of hydrogen-bond acceptors (Lipinski definition) is 5. The van der Waals surface area contributed by atoms with Gasteiger partial charge in [0.15, 0.2) is 5.13 Å². The molecule has 114 valence electrons. The molecular formula is C15H17N5OS. The van der Waals surface area contributed by atoms with Crippen molar-refractivity contribution in [3.8, 4) is 0 Å². The Balaban J connectivity index is 1.60. The summed E-state index contributed by atoms with van der Waals surface area (Å²) in [4.78, 5) is 20.9. The zero-order valence-corrected chi connectivity index (χ0v) is 13.1. The highest BCUT2D eigenvalue weighted by Crippen LogP contribution is 2.13. The standard InChI is InChI=1S/C15H17N5OS/c1-10-13(20-8-3-2-6-12(20)18-10)14(21)17-7-4-5-11-9-22-15(16)19-11/h2-3,6,8-9H,4-5,7H2,1H3,(H2,16,19)(H,17,21). The quantitative estimate of drug-likeness (QED) is 0.706. The lowest BCUT2D eigenvalue weighted by Gasteiger charge is -2.05. The van der Waals surface area contributed by atoms with Crippen molar-refractivity contribution in [1.29, 1.82) is 0 Å². The van der Waals surface area contributed by atoms with Gasteiger partial charge < -0.3 is 11.1 Å². The van der Waals surface area contributed by atoms with Crippen molar-refractivity contribution in [1.82, 2.24) is 19.7 Å². The van der Waals surface area contributed by atoms with Crippen molar-refractivity contribution in [3.05, 3.63) is 46.9 Å². The van der Waals surface area contributed by atoms with Crippen LogP contribution < -0.4 is 11.1 Å². The third-order valence-corrected chi connectivity index (χ3v) is 4.11. The Hall–Kier alpha value is -2.41. The lowest BCUT2D eigenvalue weighted by molar-refractivity contribution is 0.0946. The zero-order valence-electron chi connectivity index (χ0n) is 12.2. The summed E-state index contributed by atoms with van der Waals surface area (Å²) in [6.07, 6.45) is 3.48. The summed E-state index contributed by atoms with van der Waals surface area (Å²) in [5, 5.41) is 5.47. The summed E-state index contributed by atoms with van der Waals surface area (Å²) >= 11 is 1.44. The number of carbonyl (C=O) groups is 1. The highest BCUT2D eigenvalue weighted by Gasteiger charge is 2.15. The minimum absolute atomic E-state index is 0.103. The number of nitrogens with one attached hydrogen (secondary N) is 1. The number of amides is 1. The van der Waals surface area contributed by atoms with Crippen LogP contribution in [0.5, 0.6) is 0 Å². The smallest absolute Gasteiger partial charge is 0.270 e. The normalized spacial score (nSPS) is 11.0. The van der Waals surface area contributed by atoms with Crippen LogP contribution in [-0.4, -0.2) is 26.8 Å². The molecule has 0 atom stereocenters. The summed E-state index contributed by atoms with van der Waals surface area (Å²) in [7, 11) is 0. The van der Waals surface area contributed by atoms with E-state index >= 15 is 0 Å². The van der Waals surface area contributed by atoms with Gasteiger partial charge in [-0.15, -0.1) is 11.3 Å². The van der Waals surface area contributed by atoms with Gasteiger partial charge in [0.05, 0.1) is 11.4 Å². The Bertz CT molecular complexity index is 807. The van der Waals surface area contributed by atoms with E-state index in [4.69, 9.17) is 5.73 Å². The zero-order chi connectivity index (χ0) is 15.5. The number of imidazole rings is 1. The van der Waals surface area contributed by atoms with Gasteiger partial charge in [-0.25, -0.2) is 9.97 Å². The van der Waals surface area contributed by atoms with Crippen LogP contribution in [0.4, 0.5) is 5.13 Å². The first-order chi connectivity index (χ1) is 10.6. The number of pyridine rings is 1. The molecule has 0 unspecified atom stereocenters. The number of anilines is 1. The van der Waals surface area contributed by atoms with Crippen LogP contribution in [-0.2, 0) is 6.42 Å². The lowest BCUT2D eigenvalue weighted by Crippen LogP contribution is -2.26. The molecule has 3 N–H and O–H groups in total. The molecule has 0 aromatic carbocycles. The fraction of sp³-hybridized carbons (Fsp3) is 0.267. The van der Waals surface area contributed by atoms with E-state index in [9.17, 15) is 4.79 Å². The minimum Gasteiger partial charge on any atom is -0.375 e. The molecular weight excluding hydrogens is 298 g/mol. The predicted molar refractivity (Wildman–Crippen MR) is 87.1 cm³/mol. The highest BCUT2D eigenvalue weighted by molar-refractivity contribution is 7.13. The first kappa shape index (κ1) is 14.5. The number of aromatic nitrogens is 3. The summed E-state index contributed by atoms with van der Waals surface area (Å²) < 4.78 is 1.81. The average Bonchev–Trinajstić information content (AvgIpc) is 3.05. The molecule has 0 fully saturated rings. The Morgan fingerprint density at radius 1 is 1.41 bits per heavy atom. The van der Waals surface area contributed by atoms with Crippen molar-refractivity contribution in [2.24, 2.45) is 0 Å². The first-order valence-corrected chi connectivity index (χ1v) is 7.95. The topological polar surface area (TPSA) is 85.3 Å². The van der Waals surface area contributed by atoms with Gasteiger partial charge in [-0.2, -0.15) is 0 Å². The summed E-state index contributed by atoms with van der Waals surface area (Å²) in [6, 6.07) is 5.68. The van der Waals surface area contributed by atoms with Crippen LogP contribution in [0.3, 0.4) is 0 Å². The Kier molecular flexibility index (Phi) is 4.06. The molecule has 1 amide bonds. The lowest BCUT2D eigenvalue weighted by atomic mass is 10.2. The van der Waals surface area contributed by atoms with Crippen molar-refractivity contribution < 1.29 is 4.79 Å². The third-order valence-electron chi connectivity index (χ3n) is 3.38. The van der Waals surface area contributed by atoms with Gasteiger partial charge in [-0.05, 0) is 31.9 Å². The van der Waals surface area contributed by atoms with E-state index in [1.54, 1.807) is 0 Å². The van der Waals surface area contributed by atoms with Gasteiger partial charge in [0, 0.05) is 18.1 Å². The number of hydrogen-bond donors (Lipinski definition) is 2. The van der Waals surface area contributed by atoms with E-state index in [1.165, 1.54) is 11.3 Å². The van der Waals surface area contributed by atoms with E-state index in [0.29, 0.717) is 17.4 Å². The van der Waals surface area contributed by atoms with E-state index in [0.717, 1.165) is 29.9 Å². The van der Waals surface area contributed by atoms with Crippen molar-refractivity contribution >= 4 is 28.0 Å². The second-order valence-corrected chi connectivity index (χ2v) is 5.90. The molecule has 6 nitrogen and oxygen atoms in total. The maximum Gasteiger partial charge on any atom is 0.270 e. The molecule has 0 radical (unpaired) electrons.